The lowest BCUT2D eigenvalue weighted by Crippen LogP contribution is -2.19. The highest BCUT2D eigenvalue weighted by atomic mass is 79.9. The molecule has 112 valence electrons. The second-order valence-electron chi connectivity index (χ2n) is 4.50. The van der Waals surface area contributed by atoms with Crippen LogP contribution in [0.4, 0.5) is 4.39 Å². The van der Waals surface area contributed by atoms with Gasteiger partial charge in [-0.05, 0) is 36.9 Å². The molecule has 2 aromatic rings. The monoisotopic (exact) mass is 353 g/mol. The Morgan fingerprint density at radius 3 is 2.19 bits per heavy atom. The number of benzene rings is 2. The van der Waals surface area contributed by atoms with Crippen LogP contribution in [-0.4, -0.2) is 21.3 Å². The van der Waals surface area contributed by atoms with E-state index in [1.54, 1.807) is 33.4 Å². The molecule has 1 unspecified atom stereocenters. The van der Waals surface area contributed by atoms with E-state index < -0.39 is 0 Å². The minimum absolute atomic E-state index is 0.273. The fraction of sp³-hybridized carbons (Fsp3) is 0.250. The van der Waals surface area contributed by atoms with E-state index in [-0.39, 0.29) is 11.9 Å². The Balaban J connectivity index is 2.56. The van der Waals surface area contributed by atoms with Gasteiger partial charge in [-0.3, -0.25) is 0 Å². The summed E-state index contributed by atoms with van der Waals surface area (Å²) >= 11 is 3.41. The van der Waals surface area contributed by atoms with Gasteiger partial charge in [-0.15, -0.1) is 0 Å². The number of methoxy groups -OCH3 is 2. The summed E-state index contributed by atoms with van der Waals surface area (Å²) < 4.78 is 25.5. The molecular weight excluding hydrogens is 337 g/mol. The Bertz CT molecular complexity index is 591. The summed E-state index contributed by atoms with van der Waals surface area (Å²) in [5.74, 6) is 1.06. The van der Waals surface area contributed by atoms with E-state index in [0.717, 1.165) is 5.56 Å². The highest BCUT2D eigenvalue weighted by Crippen LogP contribution is 2.34. The first-order valence-electron chi connectivity index (χ1n) is 6.44. The molecule has 0 aliphatic carbocycles. The summed E-state index contributed by atoms with van der Waals surface area (Å²) in [6, 6.07) is 10.1. The molecule has 1 N–H and O–H groups in total. The van der Waals surface area contributed by atoms with Crippen molar-refractivity contribution in [2.24, 2.45) is 0 Å². The third-order valence-electron chi connectivity index (χ3n) is 3.28. The molecule has 21 heavy (non-hydrogen) atoms. The molecule has 2 aromatic carbocycles. The lowest BCUT2D eigenvalue weighted by atomic mass is 9.98. The normalized spacial score (nSPS) is 12.0. The number of rotatable bonds is 5. The van der Waals surface area contributed by atoms with Crippen molar-refractivity contribution in [3.05, 3.63) is 57.8 Å². The van der Waals surface area contributed by atoms with Crippen molar-refractivity contribution < 1.29 is 13.9 Å². The van der Waals surface area contributed by atoms with Gasteiger partial charge < -0.3 is 14.8 Å². The van der Waals surface area contributed by atoms with Crippen molar-refractivity contribution in [1.82, 2.24) is 5.32 Å². The minimum atomic E-state index is -0.315. The molecule has 3 nitrogen and oxygen atoms in total. The summed E-state index contributed by atoms with van der Waals surface area (Å²) in [5, 5.41) is 3.14. The van der Waals surface area contributed by atoms with Crippen molar-refractivity contribution >= 4 is 15.9 Å². The van der Waals surface area contributed by atoms with Crippen molar-refractivity contribution in [3.63, 3.8) is 0 Å². The molecule has 0 radical (unpaired) electrons. The quantitative estimate of drug-likeness (QED) is 0.883. The highest BCUT2D eigenvalue weighted by Gasteiger charge is 2.20. The van der Waals surface area contributed by atoms with Crippen LogP contribution in [0, 0.1) is 5.82 Å². The molecule has 0 fully saturated rings. The van der Waals surface area contributed by atoms with Crippen molar-refractivity contribution in [2.45, 2.75) is 6.04 Å². The Morgan fingerprint density at radius 1 is 1.10 bits per heavy atom. The van der Waals surface area contributed by atoms with E-state index >= 15 is 0 Å². The average Bonchev–Trinajstić information content (AvgIpc) is 2.50. The maximum atomic E-state index is 14.2. The maximum Gasteiger partial charge on any atom is 0.129 e. The van der Waals surface area contributed by atoms with Crippen LogP contribution in [0.3, 0.4) is 0 Å². The fourth-order valence-electron chi connectivity index (χ4n) is 2.26. The molecule has 2 rings (SSSR count). The number of ether oxygens (including phenoxy) is 2. The van der Waals surface area contributed by atoms with Gasteiger partial charge in [-0.2, -0.15) is 0 Å². The van der Waals surface area contributed by atoms with Gasteiger partial charge in [0.2, 0.25) is 0 Å². The van der Waals surface area contributed by atoms with Gasteiger partial charge in [0.25, 0.3) is 0 Å². The van der Waals surface area contributed by atoms with E-state index in [1.165, 1.54) is 6.07 Å². The van der Waals surface area contributed by atoms with E-state index in [0.29, 0.717) is 21.5 Å². The zero-order valence-corrected chi connectivity index (χ0v) is 13.7. The van der Waals surface area contributed by atoms with Crippen LogP contribution >= 0.6 is 15.9 Å². The molecule has 0 saturated heterocycles. The first-order chi connectivity index (χ1) is 10.1. The van der Waals surface area contributed by atoms with Crippen LogP contribution in [-0.2, 0) is 0 Å². The van der Waals surface area contributed by atoms with E-state index in [9.17, 15) is 4.39 Å². The molecule has 0 amide bonds. The Hall–Kier alpha value is -1.59. The maximum absolute atomic E-state index is 14.2. The lowest BCUT2D eigenvalue weighted by Gasteiger charge is -2.20. The molecule has 0 spiro atoms. The third-order valence-corrected chi connectivity index (χ3v) is 3.98. The largest absolute Gasteiger partial charge is 0.497 e. The molecule has 0 heterocycles. The summed E-state index contributed by atoms with van der Waals surface area (Å²) in [7, 11) is 4.97. The van der Waals surface area contributed by atoms with Gasteiger partial charge in [0.1, 0.15) is 17.3 Å². The van der Waals surface area contributed by atoms with Crippen molar-refractivity contribution in [3.8, 4) is 11.5 Å². The Kier molecular flexibility index (Phi) is 5.20. The zero-order valence-electron chi connectivity index (χ0n) is 12.1. The second kappa shape index (κ2) is 6.91. The summed E-state index contributed by atoms with van der Waals surface area (Å²) in [6.07, 6.45) is 0. The van der Waals surface area contributed by atoms with Crippen LogP contribution in [0.25, 0.3) is 0 Å². The molecule has 0 aromatic heterocycles. The van der Waals surface area contributed by atoms with Crippen LogP contribution in [0.1, 0.15) is 17.2 Å². The molecule has 1 atom stereocenters. The van der Waals surface area contributed by atoms with Crippen molar-refractivity contribution in [2.75, 3.05) is 21.3 Å². The third kappa shape index (κ3) is 3.36. The van der Waals surface area contributed by atoms with Gasteiger partial charge >= 0.3 is 0 Å². The van der Waals surface area contributed by atoms with Crippen LogP contribution in [0.2, 0.25) is 0 Å². The van der Waals surface area contributed by atoms with Crippen LogP contribution in [0.15, 0.2) is 40.9 Å². The molecule has 0 aliphatic heterocycles. The predicted octanol–water partition coefficient (Wildman–Crippen LogP) is 3.91. The summed E-state index contributed by atoms with van der Waals surface area (Å²) in [6.45, 7) is 0. The molecule has 0 bridgehead atoms. The average molecular weight is 354 g/mol. The number of nitrogens with one attached hydrogen (secondary N) is 1. The minimum Gasteiger partial charge on any atom is -0.497 e. The van der Waals surface area contributed by atoms with E-state index in [2.05, 4.69) is 21.2 Å². The van der Waals surface area contributed by atoms with Crippen LogP contribution in [0.5, 0.6) is 11.5 Å². The molecule has 0 saturated carbocycles. The highest BCUT2D eigenvalue weighted by molar-refractivity contribution is 9.10. The van der Waals surface area contributed by atoms with Crippen LogP contribution < -0.4 is 14.8 Å². The number of hydrogen-bond donors (Lipinski definition) is 1. The van der Waals surface area contributed by atoms with Gasteiger partial charge in [-0.25, -0.2) is 4.39 Å². The zero-order chi connectivity index (χ0) is 15.4. The van der Waals surface area contributed by atoms with Gasteiger partial charge in [0.05, 0.1) is 20.3 Å². The predicted molar refractivity (Wildman–Crippen MR) is 84.5 cm³/mol. The van der Waals surface area contributed by atoms with Gasteiger partial charge in [-0.1, -0.05) is 22.0 Å². The van der Waals surface area contributed by atoms with Gasteiger partial charge in [0.15, 0.2) is 0 Å². The number of halogens is 2. The van der Waals surface area contributed by atoms with E-state index in [4.69, 9.17) is 9.47 Å². The SMILES string of the molecule is CNC(c1cc(OC)cc(OC)c1)c1c(F)cccc1Br. The molecular formula is C16H17BrFNO2. The summed E-state index contributed by atoms with van der Waals surface area (Å²) in [4.78, 5) is 0. The first-order valence-corrected chi connectivity index (χ1v) is 7.24. The first kappa shape index (κ1) is 15.8. The molecule has 5 heteroatoms. The van der Waals surface area contributed by atoms with Crippen molar-refractivity contribution in [1.29, 1.82) is 0 Å². The topological polar surface area (TPSA) is 30.5 Å². The Labute approximate surface area is 132 Å². The smallest absolute Gasteiger partial charge is 0.129 e. The van der Waals surface area contributed by atoms with Gasteiger partial charge in [0, 0.05) is 16.1 Å². The number of hydrogen-bond acceptors (Lipinski definition) is 3. The fourth-order valence-corrected chi connectivity index (χ4v) is 2.83. The summed E-state index contributed by atoms with van der Waals surface area (Å²) in [5.41, 5.74) is 1.41. The second-order valence-corrected chi connectivity index (χ2v) is 5.36. The Morgan fingerprint density at radius 2 is 1.71 bits per heavy atom. The van der Waals surface area contributed by atoms with E-state index in [1.807, 2.05) is 18.2 Å². The standard InChI is InChI=1S/C16H17BrFNO2/c1-19-16(15-13(17)5-4-6-14(15)18)10-7-11(20-2)9-12(8-10)21-3/h4-9,16,19H,1-3H3. The molecule has 0 aliphatic rings. The lowest BCUT2D eigenvalue weighted by molar-refractivity contribution is 0.392.